The first-order valence-corrected chi connectivity index (χ1v) is 8.37. The zero-order valence-corrected chi connectivity index (χ0v) is 14.2. The van der Waals surface area contributed by atoms with Crippen LogP contribution in [-0.2, 0) is 11.4 Å². The van der Waals surface area contributed by atoms with Crippen LogP contribution >= 0.6 is 11.6 Å². The highest BCUT2D eigenvalue weighted by molar-refractivity contribution is 6.33. The molecule has 2 heterocycles. The highest BCUT2D eigenvalue weighted by atomic mass is 35.5. The van der Waals surface area contributed by atoms with Crippen molar-refractivity contribution >= 4 is 29.0 Å². The maximum atomic E-state index is 14.0. The second kappa shape index (κ2) is 6.34. The lowest BCUT2D eigenvalue weighted by atomic mass is 10.0. The molecule has 1 aromatic carbocycles. The number of imidazole rings is 1. The summed E-state index contributed by atoms with van der Waals surface area (Å²) in [6.45, 7) is -0.489. The van der Waals surface area contributed by atoms with E-state index >= 15 is 0 Å². The Kier molecular flexibility index (Phi) is 4.13. The molecule has 1 aliphatic carbocycles. The molecule has 3 aromatic rings. The Morgan fingerprint density at radius 2 is 2.12 bits per heavy atom. The molecule has 0 saturated heterocycles. The lowest BCUT2D eigenvalue weighted by molar-refractivity contribution is -0.117. The van der Waals surface area contributed by atoms with Crippen LogP contribution < -0.4 is 5.32 Å². The van der Waals surface area contributed by atoms with Gasteiger partial charge in [-0.1, -0.05) is 11.6 Å². The van der Waals surface area contributed by atoms with Gasteiger partial charge in [0.15, 0.2) is 5.82 Å². The van der Waals surface area contributed by atoms with Gasteiger partial charge in [0.05, 0.1) is 18.7 Å². The van der Waals surface area contributed by atoms with E-state index in [0.717, 1.165) is 0 Å². The second-order valence-electron chi connectivity index (χ2n) is 6.20. The molecule has 2 N–H and O–H groups in total. The van der Waals surface area contributed by atoms with Gasteiger partial charge in [-0.3, -0.25) is 4.79 Å². The van der Waals surface area contributed by atoms with E-state index in [1.54, 1.807) is 28.9 Å². The van der Waals surface area contributed by atoms with Crippen LogP contribution in [0, 0.1) is 11.7 Å². The fourth-order valence-electron chi connectivity index (χ4n) is 2.91. The standard InChI is InChI=1S/C18H14ClF2N3O2/c19-12-2-3-13(20)11(8-25)17(12)9-1-4-16-22-15(7-24(16)6-9)23-18(26)10-5-14(10)21/h1-4,6-7,10,14,25H,5,8H2,(H,23,26). The largest absolute Gasteiger partial charge is 0.392 e. The first kappa shape index (κ1) is 16.9. The van der Waals surface area contributed by atoms with Crippen LogP contribution in [0.2, 0.25) is 5.02 Å². The van der Waals surface area contributed by atoms with Crippen LogP contribution in [0.3, 0.4) is 0 Å². The third-order valence-corrected chi connectivity index (χ3v) is 4.72. The number of fused-ring (bicyclic) bond motifs is 1. The Bertz CT molecular complexity index is 1020. The van der Waals surface area contributed by atoms with Crippen molar-refractivity contribution in [2.45, 2.75) is 19.2 Å². The molecule has 0 radical (unpaired) electrons. The fraction of sp³-hybridized carbons (Fsp3) is 0.222. The van der Waals surface area contributed by atoms with Gasteiger partial charge in [-0.2, -0.15) is 0 Å². The van der Waals surface area contributed by atoms with Crippen LogP contribution in [-0.4, -0.2) is 26.6 Å². The summed E-state index contributed by atoms with van der Waals surface area (Å²) in [7, 11) is 0. The number of benzene rings is 1. The molecular weight excluding hydrogens is 364 g/mol. The summed E-state index contributed by atoms with van der Waals surface area (Å²) >= 11 is 6.20. The van der Waals surface area contributed by atoms with Crippen LogP contribution in [0.1, 0.15) is 12.0 Å². The quantitative estimate of drug-likeness (QED) is 0.730. The molecule has 1 fully saturated rings. The lowest BCUT2D eigenvalue weighted by Gasteiger charge is -2.11. The van der Waals surface area contributed by atoms with E-state index in [9.17, 15) is 18.7 Å². The first-order chi connectivity index (χ1) is 12.5. The topological polar surface area (TPSA) is 66.6 Å². The monoisotopic (exact) mass is 377 g/mol. The summed E-state index contributed by atoms with van der Waals surface area (Å²) in [5.74, 6) is -1.24. The zero-order valence-electron chi connectivity index (χ0n) is 13.4. The molecule has 0 bridgehead atoms. The maximum Gasteiger partial charge on any atom is 0.231 e. The number of amides is 1. The predicted molar refractivity (Wildman–Crippen MR) is 93.2 cm³/mol. The minimum atomic E-state index is -1.08. The van der Waals surface area contributed by atoms with E-state index in [0.29, 0.717) is 27.6 Å². The number of halogens is 3. The van der Waals surface area contributed by atoms with Crippen molar-refractivity contribution in [2.24, 2.45) is 5.92 Å². The van der Waals surface area contributed by atoms with Gasteiger partial charge in [-0.05, 0) is 30.7 Å². The summed E-state index contributed by atoms with van der Waals surface area (Å²) in [5, 5.41) is 12.4. The van der Waals surface area contributed by atoms with Gasteiger partial charge in [-0.25, -0.2) is 13.8 Å². The number of carbonyl (C=O) groups is 1. The fourth-order valence-corrected chi connectivity index (χ4v) is 3.20. The van der Waals surface area contributed by atoms with Gasteiger partial charge in [0, 0.05) is 27.9 Å². The van der Waals surface area contributed by atoms with Crippen molar-refractivity contribution in [1.29, 1.82) is 0 Å². The van der Waals surface area contributed by atoms with Crippen LogP contribution in [0.15, 0.2) is 36.7 Å². The Hall–Kier alpha value is -2.51. The molecule has 2 unspecified atom stereocenters. The molecule has 0 spiro atoms. The molecule has 26 heavy (non-hydrogen) atoms. The molecule has 1 saturated carbocycles. The normalized spacial score (nSPS) is 18.9. The Labute approximate surface area is 152 Å². The number of aliphatic hydroxyl groups excluding tert-OH is 1. The van der Waals surface area contributed by atoms with E-state index in [-0.39, 0.29) is 12.0 Å². The first-order valence-electron chi connectivity index (χ1n) is 7.99. The predicted octanol–water partition coefficient (Wildman–Crippen LogP) is 3.58. The Balaban J connectivity index is 1.70. The van der Waals surface area contributed by atoms with Crippen LogP contribution in [0.25, 0.3) is 16.8 Å². The van der Waals surface area contributed by atoms with Crippen LogP contribution in [0.4, 0.5) is 14.6 Å². The van der Waals surface area contributed by atoms with Gasteiger partial charge >= 0.3 is 0 Å². The van der Waals surface area contributed by atoms with E-state index in [4.69, 9.17) is 11.6 Å². The molecular formula is C18H14ClF2N3O2. The summed E-state index contributed by atoms with van der Waals surface area (Å²) < 4.78 is 28.6. The molecule has 0 aliphatic heterocycles. The number of carbonyl (C=O) groups excluding carboxylic acids is 1. The molecule has 134 valence electrons. The minimum absolute atomic E-state index is 0.105. The number of pyridine rings is 1. The highest BCUT2D eigenvalue weighted by Gasteiger charge is 2.43. The molecule has 1 aliphatic rings. The highest BCUT2D eigenvalue weighted by Crippen LogP contribution is 2.35. The van der Waals surface area contributed by atoms with Crippen molar-refractivity contribution in [2.75, 3.05) is 5.32 Å². The summed E-state index contributed by atoms with van der Waals surface area (Å²) in [4.78, 5) is 16.1. The number of anilines is 1. The van der Waals surface area contributed by atoms with E-state index in [2.05, 4.69) is 10.3 Å². The number of nitrogens with zero attached hydrogens (tertiary/aromatic N) is 2. The zero-order chi connectivity index (χ0) is 18.4. The summed E-state index contributed by atoms with van der Waals surface area (Å²) in [6.07, 6.45) is 2.42. The SMILES string of the molecule is O=C(Nc1cn2cc(-c3c(Cl)ccc(F)c3CO)ccc2n1)C1CC1F. The minimum Gasteiger partial charge on any atom is -0.392 e. The molecule has 2 atom stereocenters. The van der Waals surface area contributed by atoms with Gasteiger partial charge in [0.1, 0.15) is 17.6 Å². The number of rotatable bonds is 4. The van der Waals surface area contributed by atoms with Crippen molar-refractivity contribution in [3.8, 4) is 11.1 Å². The maximum absolute atomic E-state index is 14.0. The number of aromatic nitrogens is 2. The van der Waals surface area contributed by atoms with Crippen molar-refractivity contribution in [3.63, 3.8) is 0 Å². The number of hydrogen-bond acceptors (Lipinski definition) is 3. The summed E-state index contributed by atoms with van der Waals surface area (Å²) in [5.41, 5.74) is 1.64. The third kappa shape index (κ3) is 2.93. The smallest absolute Gasteiger partial charge is 0.231 e. The van der Waals surface area contributed by atoms with Crippen LogP contribution in [0.5, 0.6) is 0 Å². The van der Waals surface area contributed by atoms with Gasteiger partial charge in [0.2, 0.25) is 5.91 Å². The molecule has 2 aromatic heterocycles. The summed E-state index contributed by atoms with van der Waals surface area (Å²) in [6, 6.07) is 6.02. The van der Waals surface area contributed by atoms with Crippen molar-refractivity contribution in [3.05, 3.63) is 53.1 Å². The molecule has 4 rings (SSSR count). The Morgan fingerprint density at radius 1 is 1.35 bits per heavy atom. The average molecular weight is 378 g/mol. The van der Waals surface area contributed by atoms with Gasteiger partial charge < -0.3 is 14.8 Å². The lowest BCUT2D eigenvalue weighted by Crippen LogP contribution is -2.15. The third-order valence-electron chi connectivity index (χ3n) is 4.40. The van der Waals surface area contributed by atoms with E-state index in [1.165, 1.54) is 12.1 Å². The van der Waals surface area contributed by atoms with Gasteiger partial charge in [-0.15, -0.1) is 0 Å². The molecule has 1 amide bonds. The number of nitrogens with one attached hydrogen (secondary N) is 1. The van der Waals surface area contributed by atoms with Crippen molar-refractivity contribution in [1.82, 2.24) is 9.38 Å². The van der Waals surface area contributed by atoms with E-state index in [1.807, 2.05) is 0 Å². The van der Waals surface area contributed by atoms with Crippen molar-refractivity contribution < 1.29 is 18.7 Å². The van der Waals surface area contributed by atoms with E-state index < -0.39 is 30.4 Å². The average Bonchev–Trinajstić information content (AvgIpc) is 3.21. The molecule has 5 nitrogen and oxygen atoms in total. The second-order valence-corrected chi connectivity index (χ2v) is 6.60. The molecule has 8 heteroatoms. The number of aliphatic hydroxyl groups is 1. The van der Waals surface area contributed by atoms with Gasteiger partial charge in [0.25, 0.3) is 0 Å². The number of hydrogen-bond donors (Lipinski definition) is 2. The Morgan fingerprint density at radius 3 is 2.81 bits per heavy atom. The number of alkyl halides is 1.